The monoisotopic (exact) mass is 909 g/mol. The SMILES string of the molecule is CCCCCCCCCCCCCCCCCC(=O)OCl.CCCCCCCCCCCCCCCCCC(=O)[O-].CCCCCCCCCCCCCCCCCC(=O)[O-].[Mg+2]. The number of carbonyl (C=O) groups excluding carboxylic acids is 3. The topological polar surface area (TPSA) is 107 Å². The second kappa shape index (κ2) is 64.7. The van der Waals surface area contributed by atoms with E-state index in [1.807, 2.05) is 0 Å². The van der Waals surface area contributed by atoms with Crippen LogP contribution in [0.1, 0.15) is 329 Å². The fourth-order valence-electron chi connectivity index (χ4n) is 7.96. The van der Waals surface area contributed by atoms with Gasteiger partial charge in [-0.3, -0.25) is 4.79 Å². The summed E-state index contributed by atoms with van der Waals surface area (Å²) in [6, 6.07) is 0. The molecule has 0 amide bonds. The van der Waals surface area contributed by atoms with Crippen molar-refractivity contribution in [1.82, 2.24) is 0 Å². The first-order valence-corrected chi connectivity index (χ1v) is 27.4. The van der Waals surface area contributed by atoms with Crippen LogP contribution < -0.4 is 10.2 Å². The molecule has 0 radical (unpaired) electrons. The molecule has 0 saturated heterocycles. The van der Waals surface area contributed by atoms with E-state index < -0.39 is 11.9 Å². The summed E-state index contributed by atoms with van der Waals surface area (Å²) in [4.78, 5) is 31.2. The quantitative estimate of drug-likeness (QED) is 0.0445. The summed E-state index contributed by atoms with van der Waals surface area (Å²) in [5, 5.41) is 20.4. The predicted octanol–water partition coefficient (Wildman–Crippen LogP) is 16.6. The van der Waals surface area contributed by atoms with E-state index in [0.717, 1.165) is 38.5 Å². The first kappa shape index (κ1) is 68.1. The molecule has 0 unspecified atom stereocenters. The van der Waals surface area contributed by atoms with Crippen LogP contribution in [-0.4, -0.2) is 41.0 Å². The average Bonchev–Trinajstić information content (AvgIpc) is 3.25. The van der Waals surface area contributed by atoms with Gasteiger partial charge >= 0.3 is 29.0 Å². The molecule has 0 aromatic carbocycles. The number of carboxylic acid groups (broad SMARTS) is 2. The van der Waals surface area contributed by atoms with Gasteiger partial charge < -0.3 is 24.1 Å². The second-order valence-corrected chi connectivity index (χ2v) is 18.4. The molecule has 62 heavy (non-hydrogen) atoms. The minimum absolute atomic E-state index is 0. The van der Waals surface area contributed by atoms with Gasteiger partial charge in [0.15, 0.2) is 0 Å². The van der Waals surface area contributed by atoms with Crippen molar-refractivity contribution in [2.45, 2.75) is 329 Å². The van der Waals surface area contributed by atoms with Crippen LogP contribution in [0.3, 0.4) is 0 Å². The average molecular weight is 910 g/mol. The van der Waals surface area contributed by atoms with Crippen molar-refractivity contribution in [2.24, 2.45) is 0 Å². The normalized spacial score (nSPS) is 10.6. The van der Waals surface area contributed by atoms with Gasteiger partial charge in [-0.2, -0.15) is 0 Å². The number of hydrogen-bond donors (Lipinski definition) is 0. The van der Waals surface area contributed by atoms with E-state index in [1.54, 1.807) is 0 Å². The molecule has 0 atom stereocenters. The molecule has 0 bridgehead atoms. The molecule has 0 saturated carbocycles. The van der Waals surface area contributed by atoms with Gasteiger partial charge in [-0.05, 0) is 32.1 Å². The van der Waals surface area contributed by atoms with Crippen molar-refractivity contribution in [3.8, 4) is 0 Å². The van der Waals surface area contributed by atoms with Gasteiger partial charge in [0.2, 0.25) is 0 Å². The molecular weight excluding hydrogens is 804 g/mol. The van der Waals surface area contributed by atoms with Crippen molar-refractivity contribution >= 4 is 52.8 Å². The Morgan fingerprint density at radius 2 is 0.435 bits per heavy atom. The zero-order valence-electron chi connectivity index (χ0n) is 42.0. The van der Waals surface area contributed by atoms with Crippen LogP contribution in [0.5, 0.6) is 0 Å². The Kier molecular flexibility index (Phi) is 71.1. The van der Waals surface area contributed by atoms with Crippen LogP contribution in [0.2, 0.25) is 0 Å². The van der Waals surface area contributed by atoms with E-state index in [1.165, 1.54) is 250 Å². The van der Waals surface area contributed by atoms with E-state index in [0.29, 0.717) is 6.42 Å². The Morgan fingerprint density at radius 1 is 0.290 bits per heavy atom. The summed E-state index contributed by atoms with van der Waals surface area (Å²) in [6.45, 7) is 6.81. The fraction of sp³-hybridized carbons (Fsp3) is 0.944. The summed E-state index contributed by atoms with van der Waals surface area (Å²) in [5.41, 5.74) is 0. The molecule has 0 aromatic heterocycles. The molecule has 0 rings (SSSR count). The molecule has 366 valence electrons. The second-order valence-electron chi connectivity index (χ2n) is 18.3. The number of hydrogen-bond acceptors (Lipinski definition) is 6. The molecule has 6 nitrogen and oxygen atoms in total. The van der Waals surface area contributed by atoms with Crippen molar-refractivity contribution in [1.29, 1.82) is 0 Å². The van der Waals surface area contributed by atoms with Crippen LogP contribution in [-0.2, 0) is 18.7 Å². The molecule has 8 heteroatoms. The Hall–Kier alpha value is -0.534. The third-order valence-corrected chi connectivity index (χ3v) is 12.2. The fourth-order valence-corrected chi connectivity index (χ4v) is 8.04. The largest absolute Gasteiger partial charge is 2.00 e. The van der Waals surface area contributed by atoms with Crippen LogP contribution in [0.15, 0.2) is 0 Å². The zero-order valence-corrected chi connectivity index (χ0v) is 44.1. The maximum absolute atomic E-state index is 10.8. The summed E-state index contributed by atoms with van der Waals surface area (Å²) in [5.74, 6) is -2.11. The number of carboxylic acids is 2. The molecule has 0 fully saturated rings. The molecule has 0 heterocycles. The van der Waals surface area contributed by atoms with Crippen LogP contribution in [0, 0.1) is 0 Å². The smallest absolute Gasteiger partial charge is 0.550 e. The third kappa shape index (κ3) is 73.8. The molecule has 0 aliphatic rings. The Morgan fingerprint density at radius 3 is 0.581 bits per heavy atom. The standard InChI is InChI=1S/C18H35ClO2.2C18H36O2.Mg/c1-2-3-4-5-6-7-8-9-10-11-12-13-14-15-16-17-18(20)21-19;2*1-2-3-4-5-6-7-8-9-10-11-12-13-14-15-16-17-18(19)20;/h2-17H2,1H3;2*2-17H2,1H3,(H,19,20);/q;;;+2/p-2. The van der Waals surface area contributed by atoms with E-state index in [-0.39, 0.29) is 41.9 Å². The van der Waals surface area contributed by atoms with E-state index in [2.05, 4.69) is 25.1 Å². The van der Waals surface area contributed by atoms with Crippen molar-refractivity contribution in [3.63, 3.8) is 0 Å². The summed E-state index contributed by atoms with van der Waals surface area (Å²) in [6.07, 6.45) is 60.2. The van der Waals surface area contributed by atoms with Gasteiger partial charge in [-0.15, -0.1) is 0 Å². The Bertz CT molecular complexity index is 800. The number of halogens is 1. The molecule has 0 spiro atoms. The Balaban J connectivity index is -0.000000404. The van der Waals surface area contributed by atoms with E-state index in [4.69, 9.17) is 11.9 Å². The number of rotatable bonds is 48. The van der Waals surface area contributed by atoms with E-state index in [9.17, 15) is 24.6 Å². The predicted molar refractivity (Wildman–Crippen MR) is 266 cm³/mol. The molecule has 0 aromatic rings. The van der Waals surface area contributed by atoms with Gasteiger partial charge in [0.25, 0.3) is 0 Å². The minimum Gasteiger partial charge on any atom is -0.550 e. The summed E-state index contributed by atoms with van der Waals surface area (Å²) >= 11 is 4.97. The van der Waals surface area contributed by atoms with Crippen molar-refractivity contribution < 1.29 is 28.9 Å². The van der Waals surface area contributed by atoms with Gasteiger partial charge in [-0.1, -0.05) is 290 Å². The summed E-state index contributed by atoms with van der Waals surface area (Å²) < 4.78 is 4.10. The molecule has 0 aliphatic carbocycles. The van der Waals surface area contributed by atoms with Crippen molar-refractivity contribution in [3.05, 3.63) is 0 Å². The molecule has 0 aliphatic heterocycles. The van der Waals surface area contributed by atoms with Gasteiger partial charge in [0.1, 0.15) is 11.9 Å². The maximum atomic E-state index is 10.8. The number of carbonyl (C=O) groups is 3. The van der Waals surface area contributed by atoms with E-state index >= 15 is 0 Å². The van der Waals surface area contributed by atoms with Crippen molar-refractivity contribution in [2.75, 3.05) is 0 Å². The van der Waals surface area contributed by atoms with Gasteiger partial charge in [0.05, 0.1) is 0 Å². The summed E-state index contributed by atoms with van der Waals surface area (Å²) in [7, 11) is 0. The third-order valence-electron chi connectivity index (χ3n) is 12.0. The first-order chi connectivity index (χ1) is 29.8. The first-order valence-electron chi connectivity index (χ1n) is 27.1. The van der Waals surface area contributed by atoms with Gasteiger partial charge in [-0.25, -0.2) is 0 Å². The van der Waals surface area contributed by atoms with Crippen LogP contribution >= 0.6 is 11.9 Å². The maximum Gasteiger partial charge on any atom is 2.00 e. The van der Waals surface area contributed by atoms with Gasteiger partial charge in [0, 0.05) is 18.4 Å². The van der Waals surface area contributed by atoms with Crippen LogP contribution in [0.25, 0.3) is 0 Å². The minimum atomic E-state index is -0.903. The van der Waals surface area contributed by atoms with Crippen LogP contribution in [0.4, 0.5) is 0 Å². The molecule has 0 N–H and O–H groups in total. The zero-order chi connectivity index (χ0) is 45.4. The molecular formula is C54H105ClMgO6. The Labute approximate surface area is 408 Å². The number of aliphatic carboxylic acids is 2. The number of unbranched alkanes of at least 4 members (excludes halogenated alkanes) is 42.